The summed E-state index contributed by atoms with van der Waals surface area (Å²) < 4.78 is 8.14. The minimum atomic E-state index is -0.423. The van der Waals surface area contributed by atoms with Crippen molar-refractivity contribution >= 4 is 22.9 Å². The Morgan fingerprint density at radius 1 is 1.32 bits per heavy atom. The van der Waals surface area contributed by atoms with Gasteiger partial charge in [0.1, 0.15) is 12.9 Å². The molecule has 1 aliphatic heterocycles. The summed E-state index contributed by atoms with van der Waals surface area (Å²) in [5.74, 6) is 0.139. The predicted octanol–water partition coefficient (Wildman–Crippen LogP) is 0.548. The molecule has 1 atom stereocenters. The molecule has 0 aliphatic carbocycles. The molecule has 3 aromatic heterocycles. The molecule has 10 nitrogen and oxygen atoms in total. The number of rotatable bonds is 4. The highest BCUT2D eigenvalue weighted by Gasteiger charge is 2.31. The fourth-order valence-electron chi connectivity index (χ4n) is 3.52. The molecule has 146 valence electrons. The van der Waals surface area contributed by atoms with E-state index in [1.54, 1.807) is 35.8 Å². The maximum absolute atomic E-state index is 12.7. The molecule has 0 N–H and O–H groups in total. The standard InChI is InChI=1S/C18H20N6O4/c1-11-21-14-17(28-11)20-10-24(18(14)27)9-13(25)23-6-3-4-12(8-23)15(26)16-19-5-7-22(16)2/h5,7,10,12H,3-4,6,8-9H2,1-2H3/t12-/m1/s1. The van der Waals surface area contributed by atoms with Crippen LogP contribution in [0.4, 0.5) is 0 Å². The number of aromatic nitrogens is 5. The smallest absolute Gasteiger partial charge is 0.283 e. The summed E-state index contributed by atoms with van der Waals surface area (Å²) >= 11 is 0. The fraction of sp³-hybridized carbons (Fsp3) is 0.444. The monoisotopic (exact) mass is 384 g/mol. The topological polar surface area (TPSA) is 116 Å². The zero-order chi connectivity index (χ0) is 19.8. The molecular formula is C18H20N6O4. The number of amides is 1. The van der Waals surface area contributed by atoms with Crippen molar-refractivity contribution in [2.24, 2.45) is 13.0 Å². The van der Waals surface area contributed by atoms with Crippen LogP contribution in [0.25, 0.3) is 11.2 Å². The first kappa shape index (κ1) is 18.1. The van der Waals surface area contributed by atoms with Crippen LogP contribution in [0.5, 0.6) is 0 Å². The van der Waals surface area contributed by atoms with Crippen molar-refractivity contribution in [1.29, 1.82) is 0 Å². The van der Waals surface area contributed by atoms with Gasteiger partial charge in [-0.1, -0.05) is 0 Å². The normalized spacial score (nSPS) is 17.2. The Balaban J connectivity index is 1.49. The van der Waals surface area contributed by atoms with Crippen LogP contribution in [0.1, 0.15) is 29.4 Å². The van der Waals surface area contributed by atoms with Crippen LogP contribution in [-0.4, -0.2) is 53.8 Å². The highest BCUT2D eigenvalue weighted by molar-refractivity contribution is 5.95. The molecule has 0 saturated carbocycles. The Kier molecular flexibility index (Phi) is 4.54. The zero-order valence-corrected chi connectivity index (χ0v) is 15.7. The van der Waals surface area contributed by atoms with Crippen molar-refractivity contribution in [1.82, 2.24) is 29.0 Å². The summed E-state index contributed by atoms with van der Waals surface area (Å²) in [6.07, 6.45) is 6.02. The number of oxazole rings is 1. The second-order valence-electron chi connectivity index (χ2n) is 6.97. The number of ketones is 1. The van der Waals surface area contributed by atoms with Crippen molar-refractivity contribution < 1.29 is 14.0 Å². The van der Waals surface area contributed by atoms with Gasteiger partial charge in [0.2, 0.25) is 11.7 Å². The molecule has 28 heavy (non-hydrogen) atoms. The first-order valence-electron chi connectivity index (χ1n) is 9.06. The highest BCUT2D eigenvalue weighted by atomic mass is 16.4. The Hall–Kier alpha value is -3.30. The van der Waals surface area contributed by atoms with E-state index in [-0.39, 0.29) is 35.4 Å². The molecule has 10 heteroatoms. The number of nitrogens with zero attached hydrogens (tertiary/aromatic N) is 6. The number of hydrogen-bond acceptors (Lipinski definition) is 7. The molecule has 4 rings (SSSR count). The Labute approximate surface area is 159 Å². The number of likely N-dealkylation sites (tertiary alicyclic amines) is 1. The fourth-order valence-corrected chi connectivity index (χ4v) is 3.52. The van der Waals surface area contributed by atoms with E-state index >= 15 is 0 Å². The van der Waals surface area contributed by atoms with Crippen molar-refractivity contribution in [2.75, 3.05) is 13.1 Å². The maximum atomic E-state index is 12.7. The summed E-state index contributed by atoms with van der Waals surface area (Å²) in [7, 11) is 1.77. The lowest BCUT2D eigenvalue weighted by molar-refractivity contribution is -0.133. The van der Waals surface area contributed by atoms with Crippen LogP contribution >= 0.6 is 0 Å². The molecular weight excluding hydrogens is 364 g/mol. The van der Waals surface area contributed by atoms with Gasteiger partial charge >= 0.3 is 0 Å². The third kappa shape index (κ3) is 3.21. The molecule has 0 radical (unpaired) electrons. The van der Waals surface area contributed by atoms with Gasteiger partial charge in [-0.2, -0.15) is 0 Å². The van der Waals surface area contributed by atoms with Crippen LogP contribution < -0.4 is 5.56 Å². The average Bonchev–Trinajstić information content (AvgIpc) is 3.29. The SMILES string of the molecule is Cc1nc2c(=O)n(CC(=O)N3CCC[C@@H](C(=O)c4nccn4C)C3)cnc2o1. The summed E-state index contributed by atoms with van der Waals surface area (Å²) in [5, 5.41) is 0. The van der Waals surface area contributed by atoms with Crippen LogP contribution in [0.3, 0.4) is 0 Å². The van der Waals surface area contributed by atoms with Crippen LogP contribution in [-0.2, 0) is 18.4 Å². The molecule has 1 saturated heterocycles. The average molecular weight is 384 g/mol. The number of hydrogen-bond donors (Lipinski definition) is 0. The van der Waals surface area contributed by atoms with Crippen molar-refractivity contribution in [3.8, 4) is 0 Å². The molecule has 3 aromatic rings. The quantitative estimate of drug-likeness (QED) is 0.603. The summed E-state index contributed by atoms with van der Waals surface area (Å²) in [5.41, 5.74) is -0.160. The zero-order valence-electron chi connectivity index (χ0n) is 15.7. The van der Waals surface area contributed by atoms with Crippen molar-refractivity contribution in [3.63, 3.8) is 0 Å². The second kappa shape index (κ2) is 7.02. The number of imidazole rings is 1. The third-order valence-corrected chi connectivity index (χ3v) is 4.99. The lowest BCUT2D eigenvalue weighted by Gasteiger charge is -2.32. The van der Waals surface area contributed by atoms with E-state index in [9.17, 15) is 14.4 Å². The van der Waals surface area contributed by atoms with Gasteiger partial charge in [-0.05, 0) is 12.8 Å². The van der Waals surface area contributed by atoms with Crippen LogP contribution in [0, 0.1) is 12.8 Å². The number of aryl methyl sites for hydroxylation is 2. The van der Waals surface area contributed by atoms with Crippen LogP contribution in [0.15, 0.2) is 27.9 Å². The van der Waals surface area contributed by atoms with E-state index in [0.29, 0.717) is 31.2 Å². The lowest BCUT2D eigenvalue weighted by Crippen LogP contribution is -2.44. The van der Waals surface area contributed by atoms with E-state index in [0.717, 1.165) is 6.42 Å². The largest absolute Gasteiger partial charge is 0.422 e. The van der Waals surface area contributed by atoms with Gasteiger partial charge in [-0.3, -0.25) is 19.0 Å². The summed E-state index contributed by atoms with van der Waals surface area (Å²) in [6, 6.07) is 0. The first-order valence-corrected chi connectivity index (χ1v) is 9.06. The Morgan fingerprint density at radius 2 is 2.14 bits per heavy atom. The van der Waals surface area contributed by atoms with Gasteiger partial charge in [0, 0.05) is 45.4 Å². The van der Waals surface area contributed by atoms with Gasteiger partial charge in [0.05, 0.1) is 0 Å². The number of fused-ring (bicyclic) bond motifs is 1. The van der Waals surface area contributed by atoms with Gasteiger partial charge in [0.25, 0.3) is 11.3 Å². The lowest BCUT2D eigenvalue weighted by atomic mass is 9.93. The maximum Gasteiger partial charge on any atom is 0.283 e. The molecule has 1 fully saturated rings. The van der Waals surface area contributed by atoms with E-state index in [1.165, 1.54) is 10.9 Å². The van der Waals surface area contributed by atoms with E-state index in [2.05, 4.69) is 15.0 Å². The van der Waals surface area contributed by atoms with Crippen molar-refractivity contribution in [3.05, 3.63) is 40.8 Å². The summed E-state index contributed by atoms with van der Waals surface area (Å²) in [4.78, 5) is 51.7. The molecule has 1 aliphatic rings. The molecule has 4 heterocycles. The number of Topliss-reactive ketones (excluding diaryl/α,β-unsaturated/α-hetero) is 1. The second-order valence-corrected chi connectivity index (χ2v) is 6.97. The Morgan fingerprint density at radius 3 is 2.89 bits per heavy atom. The number of piperidine rings is 1. The highest BCUT2D eigenvalue weighted by Crippen LogP contribution is 2.20. The first-order chi connectivity index (χ1) is 13.4. The van der Waals surface area contributed by atoms with Gasteiger partial charge in [-0.15, -0.1) is 0 Å². The van der Waals surface area contributed by atoms with E-state index < -0.39 is 5.56 Å². The van der Waals surface area contributed by atoms with E-state index in [1.807, 2.05) is 0 Å². The molecule has 1 amide bonds. The van der Waals surface area contributed by atoms with Gasteiger partial charge in [-0.25, -0.2) is 15.0 Å². The Bertz CT molecular complexity index is 1110. The van der Waals surface area contributed by atoms with Gasteiger partial charge < -0.3 is 13.9 Å². The van der Waals surface area contributed by atoms with Crippen molar-refractivity contribution in [2.45, 2.75) is 26.3 Å². The summed E-state index contributed by atoms with van der Waals surface area (Å²) in [6.45, 7) is 2.34. The molecule has 0 unspecified atom stereocenters. The minimum absolute atomic E-state index is 0.0664. The number of carbonyl (C=O) groups excluding carboxylic acids is 2. The molecule has 0 spiro atoms. The molecule has 0 bridgehead atoms. The third-order valence-electron chi connectivity index (χ3n) is 4.99. The predicted molar refractivity (Wildman–Crippen MR) is 97.6 cm³/mol. The van der Waals surface area contributed by atoms with E-state index in [4.69, 9.17) is 4.42 Å². The molecule has 0 aromatic carbocycles. The number of carbonyl (C=O) groups is 2. The minimum Gasteiger partial charge on any atom is -0.422 e. The van der Waals surface area contributed by atoms with Crippen LogP contribution in [0.2, 0.25) is 0 Å². The van der Waals surface area contributed by atoms with Gasteiger partial charge in [0.15, 0.2) is 17.2 Å².